The van der Waals surface area contributed by atoms with Gasteiger partial charge in [0.25, 0.3) is 0 Å². The average Bonchev–Trinajstić information content (AvgIpc) is 3.82. The fourth-order valence-corrected chi connectivity index (χ4v) is 9.29. The van der Waals surface area contributed by atoms with Crippen LogP contribution in [0, 0.1) is 5.41 Å². The first-order valence-corrected chi connectivity index (χ1v) is 21.3. The number of fused-ring (bicyclic) bond motifs is 8. The minimum atomic E-state index is -4.89. The molecule has 0 saturated heterocycles. The molecule has 3 N–H and O–H groups in total. The highest BCUT2D eigenvalue weighted by atomic mass is 35.5. The molecule has 4 aromatic carbocycles. The van der Waals surface area contributed by atoms with E-state index in [0.29, 0.717) is 54.5 Å². The van der Waals surface area contributed by atoms with Gasteiger partial charge in [0.05, 0.1) is 28.8 Å². The van der Waals surface area contributed by atoms with Gasteiger partial charge in [0, 0.05) is 28.8 Å². The number of furan rings is 1. The Morgan fingerprint density at radius 1 is 0.922 bits per heavy atom. The lowest BCUT2D eigenvalue weighted by Crippen LogP contribution is -2.54. The maximum Gasteiger partial charge on any atom is 0.573 e. The van der Waals surface area contributed by atoms with Crippen LogP contribution >= 0.6 is 11.6 Å². The topological polar surface area (TPSA) is 112 Å². The van der Waals surface area contributed by atoms with Crippen molar-refractivity contribution in [1.29, 1.82) is 0 Å². The Bertz CT molecular complexity index is 2510. The number of alkyl halides is 6. The predicted molar refractivity (Wildman–Crippen MR) is 230 cm³/mol. The van der Waals surface area contributed by atoms with Gasteiger partial charge in [0.2, 0.25) is 5.78 Å². The van der Waals surface area contributed by atoms with Gasteiger partial charge in [-0.25, -0.2) is 4.79 Å². The number of para-hydroxylation sites is 1. The van der Waals surface area contributed by atoms with Gasteiger partial charge in [-0.3, -0.25) is 4.79 Å². The summed E-state index contributed by atoms with van der Waals surface area (Å²) >= 11 is 6.33. The number of nitrogens with one attached hydrogen (secondary N) is 1. The molecule has 4 atom stereocenters. The van der Waals surface area contributed by atoms with Gasteiger partial charge < -0.3 is 29.6 Å². The standard InChI is InChI=1S/C49H47ClF6N2O6/c1-30-7-6-23-46(2)40(22-24-47(46,62)29-58(45(61)57-34-8-4-3-5-9-34)28-31-11-16-36(17-12-31)64-49(54,55)56)37-18-13-32(25-35(59)15-10-30)26-38(37)44(60)43-21-20-42(63-43)39-27-33(48(51,52)53)14-19-41(39)50/h3-5,7-9,11-14,16-21,26-27,35,40,59,62H,6,10,15,22-25,28-29H2,1-2H3,(H,57,61). The van der Waals surface area contributed by atoms with E-state index in [-0.39, 0.29) is 53.6 Å². The largest absolute Gasteiger partial charge is 0.573 e. The van der Waals surface area contributed by atoms with E-state index >= 15 is 0 Å². The molecule has 2 amide bonds. The highest BCUT2D eigenvalue weighted by Crippen LogP contribution is 2.59. The van der Waals surface area contributed by atoms with E-state index in [2.05, 4.69) is 16.1 Å². The first kappa shape index (κ1) is 46.4. The molecule has 64 heavy (non-hydrogen) atoms. The van der Waals surface area contributed by atoms with Gasteiger partial charge >= 0.3 is 18.6 Å². The Labute approximate surface area is 371 Å². The number of hydrogen-bond donors (Lipinski definition) is 3. The minimum absolute atomic E-state index is 0.0104. The van der Waals surface area contributed by atoms with Crippen LogP contribution in [-0.2, 0) is 19.1 Å². The molecule has 0 radical (unpaired) electrons. The number of benzene rings is 4. The molecule has 3 aliphatic rings. The Balaban J connectivity index is 1.27. The van der Waals surface area contributed by atoms with Crippen LogP contribution in [0.1, 0.15) is 96.7 Å². The molecule has 15 heteroatoms. The van der Waals surface area contributed by atoms with Gasteiger partial charge in [0.1, 0.15) is 11.5 Å². The molecule has 1 fully saturated rings. The summed E-state index contributed by atoms with van der Waals surface area (Å²) in [5.74, 6) is -1.69. The number of nitrogens with zero attached hydrogens (tertiary/aromatic N) is 1. The first-order chi connectivity index (χ1) is 30.2. The third kappa shape index (κ3) is 10.5. The summed E-state index contributed by atoms with van der Waals surface area (Å²) < 4.78 is 89.9. The number of aliphatic hydroxyl groups is 2. The minimum Gasteiger partial charge on any atom is -0.453 e. The van der Waals surface area contributed by atoms with Gasteiger partial charge in [0.15, 0.2) is 5.76 Å². The number of anilines is 1. The van der Waals surface area contributed by atoms with Crippen LogP contribution in [0.25, 0.3) is 11.3 Å². The summed E-state index contributed by atoms with van der Waals surface area (Å²) in [6.45, 7) is 3.62. The second-order valence-corrected chi connectivity index (χ2v) is 17.4. The van der Waals surface area contributed by atoms with E-state index in [1.165, 1.54) is 29.2 Å². The fourth-order valence-electron chi connectivity index (χ4n) is 9.08. The quantitative estimate of drug-likeness (QED) is 0.0771. The molecule has 5 aromatic rings. The third-order valence-electron chi connectivity index (χ3n) is 12.6. The lowest BCUT2D eigenvalue weighted by atomic mass is 9.64. The van der Waals surface area contributed by atoms with Crippen LogP contribution in [0.3, 0.4) is 0 Å². The summed E-state index contributed by atoms with van der Waals surface area (Å²) in [5.41, 5.74) is -0.116. The van der Waals surface area contributed by atoms with Crippen molar-refractivity contribution in [2.24, 2.45) is 5.41 Å². The number of carbonyl (C=O) groups is 2. The lowest BCUT2D eigenvalue weighted by Gasteiger charge is -2.46. The summed E-state index contributed by atoms with van der Waals surface area (Å²) in [4.78, 5) is 30.3. The number of ketones is 1. The second kappa shape index (κ2) is 18.5. The number of rotatable bonds is 9. The second-order valence-electron chi connectivity index (χ2n) is 17.0. The summed E-state index contributed by atoms with van der Waals surface area (Å²) in [6, 6.07) is 24.2. The van der Waals surface area contributed by atoms with Crippen molar-refractivity contribution in [1.82, 2.24) is 4.90 Å². The Morgan fingerprint density at radius 3 is 2.36 bits per heavy atom. The molecule has 3 aliphatic carbocycles. The number of carbonyl (C=O) groups excluding carboxylic acids is 2. The van der Waals surface area contributed by atoms with Crippen molar-refractivity contribution < 1.29 is 55.3 Å². The van der Waals surface area contributed by atoms with Gasteiger partial charge in [-0.2, -0.15) is 13.2 Å². The Kier molecular flexibility index (Phi) is 13.4. The van der Waals surface area contributed by atoms with E-state index in [1.807, 2.05) is 26.0 Å². The number of hydrogen-bond acceptors (Lipinski definition) is 6. The molecule has 8 nitrogen and oxygen atoms in total. The zero-order valence-corrected chi connectivity index (χ0v) is 35.8. The average molecular weight is 909 g/mol. The number of amides is 2. The van der Waals surface area contributed by atoms with E-state index in [4.69, 9.17) is 16.0 Å². The van der Waals surface area contributed by atoms with Crippen molar-refractivity contribution in [3.63, 3.8) is 0 Å². The monoisotopic (exact) mass is 908 g/mol. The van der Waals surface area contributed by atoms with Gasteiger partial charge in [-0.1, -0.05) is 72.6 Å². The zero-order chi connectivity index (χ0) is 46.0. The molecule has 338 valence electrons. The van der Waals surface area contributed by atoms with Crippen LogP contribution < -0.4 is 10.1 Å². The first-order valence-electron chi connectivity index (χ1n) is 20.9. The molecular weight excluding hydrogens is 862 g/mol. The van der Waals surface area contributed by atoms with Crippen LogP contribution in [0.2, 0.25) is 5.02 Å². The summed E-state index contributed by atoms with van der Waals surface area (Å²) in [7, 11) is 0. The number of aliphatic hydroxyl groups excluding tert-OH is 1. The molecule has 1 heterocycles. The maximum atomic E-state index is 14.7. The van der Waals surface area contributed by atoms with Crippen LogP contribution in [-0.4, -0.2) is 51.5 Å². The van der Waals surface area contributed by atoms with Crippen molar-refractivity contribution >= 4 is 29.1 Å². The fraction of sp³-hybridized carbons (Fsp3) is 0.347. The maximum absolute atomic E-state index is 14.7. The predicted octanol–water partition coefficient (Wildman–Crippen LogP) is 12.5. The molecule has 8 rings (SSSR count). The van der Waals surface area contributed by atoms with Crippen molar-refractivity contribution in [3.05, 3.63) is 153 Å². The van der Waals surface area contributed by atoms with Crippen molar-refractivity contribution in [2.75, 3.05) is 11.9 Å². The summed E-state index contributed by atoms with van der Waals surface area (Å²) in [5, 5.41) is 27.0. The van der Waals surface area contributed by atoms with E-state index < -0.39 is 58.7 Å². The van der Waals surface area contributed by atoms with E-state index in [9.17, 15) is 46.1 Å². The van der Waals surface area contributed by atoms with Crippen LogP contribution in [0.4, 0.5) is 36.8 Å². The zero-order valence-electron chi connectivity index (χ0n) is 35.0. The Morgan fingerprint density at radius 2 is 1.66 bits per heavy atom. The Hall–Kier alpha value is -5.57. The molecule has 4 unspecified atom stereocenters. The van der Waals surface area contributed by atoms with Gasteiger partial charge in [-0.15, -0.1) is 13.2 Å². The highest BCUT2D eigenvalue weighted by molar-refractivity contribution is 6.33. The third-order valence-corrected chi connectivity index (χ3v) is 12.9. The highest BCUT2D eigenvalue weighted by Gasteiger charge is 2.58. The van der Waals surface area contributed by atoms with Crippen molar-refractivity contribution in [3.8, 4) is 17.1 Å². The van der Waals surface area contributed by atoms with E-state index in [1.54, 1.807) is 36.4 Å². The molecule has 0 aliphatic heterocycles. The van der Waals surface area contributed by atoms with Crippen molar-refractivity contribution in [2.45, 2.75) is 95.5 Å². The molecule has 2 bridgehead atoms. The number of allylic oxidation sites excluding steroid dienone is 2. The SMILES string of the molecule is CC1=CCCC2(C)C(CCC2(O)CN(Cc2ccc(OC(F)(F)F)cc2)C(=O)Nc2ccccc2)c2ccc(cc2C(=O)c2ccc(-c3cc(C(F)(F)F)ccc3Cl)o2)CC(O)CC1. The molecule has 1 saturated carbocycles. The van der Waals surface area contributed by atoms with Crippen LogP contribution in [0.5, 0.6) is 5.75 Å². The number of urea groups is 1. The molecular formula is C49H47ClF6N2O6. The van der Waals surface area contributed by atoms with Crippen LogP contribution in [0.15, 0.2) is 119 Å². The normalized spacial score (nSPS) is 21.7. The molecule has 1 aromatic heterocycles. The van der Waals surface area contributed by atoms with E-state index in [0.717, 1.165) is 35.9 Å². The number of ether oxygens (including phenoxy) is 1. The summed E-state index contributed by atoms with van der Waals surface area (Å²) in [6.07, 6.45) is -5.44. The molecule has 0 spiro atoms. The van der Waals surface area contributed by atoms with Gasteiger partial charge in [-0.05, 0) is 135 Å². The lowest BCUT2D eigenvalue weighted by molar-refractivity contribution is -0.274. The smallest absolute Gasteiger partial charge is 0.453 e. The number of halogens is 7.